The van der Waals surface area contributed by atoms with Crippen molar-refractivity contribution in [3.63, 3.8) is 0 Å². The number of nitro groups is 1. The summed E-state index contributed by atoms with van der Waals surface area (Å²) >= 11 is 0. The summed E-state index contributed by atoms with van der Waals surface area (Å²) < 4.78 is 29.4. The Balaban J connectivity index is 2.22. The molecule has 2 rings (SSSR count). The molecule has 0 aromatic heterocycles. The number of hydrogen-bond donors (Lipinski definition) is 1. The normalized spacial score (nSPS) is 10.5. The molecule has 1 N–H and O–H groups in total. The van der Waals surface area contributed by atoms with Crippen LogP contribution in [0.3, 0.4) is 0 Å². The van der Waals surface area contributed by atoms with E-state index in [0.717, 1.165) is 24.3 Å². The van der Waals surface area contributed by atoms with Gasteiger partial charge in [-0.3, -0.25) is 14.9 Å². The number of anilines is 1. The van der Waals surface area contributed by atoms with Crippen molar-refractivity contribution in [2.75, 3.05) is 26.6 Å². The van der Waals surface area contributed by atoms with Crippen molar-refractivity contribution < 1.29 is 28.3 Å². The predicted octanol–water partition coefficient (Wildman–Crippen LogP) is 3.41. The van der Waals surface area contributed by atoms with Crippen LogP contribution in [-0.4, -0.2) is 32.2 Å². The lowest BCUT2D eigenvalue weighted by Crippen LogP contribution is -2.09. The number of non-ortho nitro benzene ring substituents is 1. The average molecular weight is 376 g/mol. The van der Waals surface area contributed by atoms with Gasteiger partial charge in [0.05, 0.1) is 31.9 Å². The number of nitrogens with one attached hydrogen (secondary N) is 1. The van der Waals surface area contributed by atoms with Crippen LogP contribution in [0.25, 0.3) is 6.08 Å². The molecule has 9 heteroatoms. The van der Waals surface area contributed by atoms with Gasteiger partial charge < -0.3 is 19.5 Å². The third kappa shape index (κ3) is 4.72. The van der Waals surface area contributed by atoms with Gasteiger partial charge in [0.2, 0.25) is 11.7 Å². The molecule has 27 heavy (non-hydrogen) atoms. The Morgan fingerprint density at radius 2 is 1.74 bits per heavy atom. The molecule has 0 spiro atoms. The number of rotatable bonds is 7. The topological polar surface area (TPSA) is 99.9 Å². The molecule has 0 unspecified atom stereocenters. The second-order valence-electron chi connectivity index (χ2n) is 5.20. The van der Waals surface area contributed by atoms with Gasteiger partial charge in [0.15, 0.2) is 11.5 Å². The third-order valence-electron chi connectivity index (χ3n) is 3.53. The Morgan fingerprint density at radius 3 is 2.26 bits per heavy atom. The highest BCUT2D eigenvalue weighted by atomic mass is 19.1. The highest BCUT2D eigenvalue weighted by molar-refractivity contribution is 6.02. The zero-order valence-corrected chi connectivity index (χ0v) is 14.8. The van der Waals surface area contributed by atoms with Crippen LogP contribution >= 0.6 is 0 Å². The van der Waals surface area contributed by atoms with Crippen LogP contribution < -0.4 is 19.5 Å². The first kappa shape index (κ1) is 19.7. The molecule has 1 amide bonds. The maximum absolute atomic E-state index is 13.7. The van der Waals surface area contributed by atoms with E-state index in [2.05, 4.69) is 5.32 Å². The minimum atomic E-state index is -0.782. The molecule has 0 saturated carbocycles. The van der Waals surface area contributed by atoms with E-state index in [1.165, 1.54) is 27.4 Å². The molecule has 0 fully saturated rings. The van der Waals surface area contributed by atoms with E-state index in [9.17, 15) is 19.3 Å². The van der Waals surface area contributed by atoms with Crippen LogP contribution in [-0.2, 0) is 4.79 Å². The van der Waals surface area contributed by atoms with Gasteiger partial charge in [-0.1, -0.05) is 0 Å². The van der Waals surface area contributed by atoms with Crippen molar-refractivity contribution in [3.05, 3.63) is 57.9 Å². The number of nitrogens with zero attached hydrogens (tertiary/aromatic N) is 1. The maximum atomic E-state index is 13.7. The molecule has 142 valence electrons. The molecule has 2 aromatic rings. The van der Waals surface area contributed by atoms with E-state index in [1.54, 1.807) is 12.1 Å². The number of nitro benzene ring substituents is 1. The van der Waals surface area contributed by atoms with Crippen molar-refractivity contribution in [1.82, 2.24) is 0 Å². The maximum Gasteiger partial charge on any atom is 0.271 e. The third-order valence-corrected chi connectivity index (χ3v) is 3.53. The van der Waals surface area contributed by atoms with Crippen molar-refractivity contribution in [1.29, 1.82) is 0 Å². The molecule has 0 bridgehead atoms. The van der Waals surface area contributed by atoms with Gasteiger partial charge in [-0.25, -0.2) is 4.39 Å². The van der Waals surface area contributed by atoms with Crippen molar-refractivity contribution >= 4 is 23.4 Å². The first-order valence-corrected chi connectivity index (χ1v) is 7.62. The van der Waals surface area contributed by atoms with E-state index < -0.39 is 16.6 Å². The molecule has 0 aliphatic carbocycles. The Morgan fingerprint density at radius 1 is 1.11 bits per heavy atom. The molecule has 0 saturated heterocycles. The smallest absolute Gasteiger partial charge is 0.271 e. The van der Waals surface area contributed by atoms with E-state index in [0.29, 0.717) is 22.8 Å². The first-order chi connectivity index (χ1) is 12.9. The number of methoxy groups -OCH3 is 3. The lowest BCUT2D eigenvalue weighted by molar-refractivity contribution is -0.384. The molecular formula is C18H17FN2O6. The summed E-state index contributed by atoms with van der Waals surface area (Å²) in [6.07, 6.45) is 2.61. The minimum Gasteiger partial charge on any atom is -0.493 e. The lowest BCUT2D eigenvalue weighted by atomic mass is 10.1. The number of hydrogen-bond acceptors (Lipinski definition) is 6. The van der Waals surface area contributed by atoms with Crippen LogP contribution in [0.1, 0.15) is 5.56 Å². The average Bonchev–Trinajstić information content (AvgIpc) is 2.66. The summed E-state index contributed by atoms with van der Waals surface area (Å²) in [7, 11) is 4.39. The Kier molecular flexibility index (Phi) is 6.32. The van der Waals surface area contributed by atoms with Crippen molar-refractivity contribution in [2.24, 2.45) is 0 Å². The standard InChI is InChI=1S/C18H17FN2O6/c1-25-15-8-11(9-16(26-2)18(15)27-3)4-7-17(22)20-14-10-12(21(23)24)5-6-13(14)19/h4-10H,1-3H3,(H,20,22). The summed E-state index contributed by atoms with van der Waals surface area (Å²) in [5.41, 5.74) is -0.0526. The van der Waals surface area contributed by atoms with Gasteiger partial charge in [0.25, 0.3) is 5.69 Å². The highest BCUT2D eigenvalue weighted by Gasteiger charge is 2.14. The largest absolute Gasteiger partial charge is 0.493 e. The summed E-state index contributed by atoms with van der Waals surface area (Å²) in [6, 6.07) is 6.12. The number of benzene rings is 2. The fraction of sp³-hybridized carbons (Fsp3) is 0.167. The number of carbonyl (C=O) groups is 1. The molecule has 0 aliphatic heterocycles. The summed E-state index contributed by atoms with van der Waals surface area (Å²) in [4.78, 5) is 22.1. The SMILES string of the molecule is COc1cc(C=CC(=O)Nc2cc([N+](=O)[O-])ccc2F)cc(OC)c1OC. The van der Waals surface area contributed by atoms with Gasteiger partial charge in [0, 0.05) is 18.2 Å². The van der Waals surface area contributed by atoms with E-state index in [1.807, 2.05) is 0 Å². The molecule has 0 radical (unpaired) electrons. The van der Waals surface area contributed by atoms with Crippen molar-refractivity contribution in [2.45, 2.75) is 0 Å². The second kappa shape index (κ2) is 8.65. The van der Waals surface area contributed by atoms with Crippen LogP contribution in [0.4, 0.5) is 15.8 Å². The van der Waals surface area contributed by atoms with Crippen LogP contribution in [0.2, 0.25) is 0 Å². The van der Waals surface area contributed by atoms with Crippen molar-refractivity contribution in [3.8, 4) is 17.2 Å². The summed E-state index contributed by atoms with van der Waals surface area (Å²) in [6.45, 7) is 0. The van der Waals surface area contributed by atoms with Gasteiger partial charge in [-0.15, -0.1) is 0 Å². The molecular weight excluding hydrogens is 359 g/mol. The Hall–Kier alpha value is -3.62. The first-order valence-electron chi connectivity index (χ1n) is 7.62. The second-order valence-corrected chi connectivity index (χ2v) is 5.20. The van der Waals surface area contributed by atoms with Gasteiger partial charge in [-0.05, 0) is 29.8 Å². The number of halogens is 1. The Labute approximate surface area is 154 Å². The fourth-order valence-electron chi connectivity index (χ4n) is 2.27. The predicted molar refractivity (Wildman–Crippen MR) is 96.8 cm³/mol. The van der Waals surface area contributed by atoms with Gasteiger partial charge in [0.1, 0.15) is 5.82 Å². The molecule has 0 heterocycles. The lowest BCUT2D eigenvalue weighted by Gasteiger charge is -2.12. The summed E-state index contributed by atoms with van der Waals surface area (Å²) in [5.74, 6) is -0.234. The molecule has 2 aromatic carbocycles. The van der Waals surface area contributed by atoms with Crippen LogP contribution in [0.15, 0.2) is 36.4 Å². The number of amides is 1. The van der Waals surface area contributed by atoms with Gasteiger partial charge >= 0.3 is 0 Å². The molecule has 0 aliphatic rings. The summed E-state index contributed by atoms with van der Waals surface area (Å²) in [5, 5.41) is 13.0. The van der Waals surface area contributed by atoms with Crippen LogP contribution in [0, 0.1) is 15.9 Å². The number of carbonyl (C=O) groups excluding carboxylic acids is 1. The van der Waals surface area contributed by atoms with E-state index in [-0.39, 0.29) is 11.4 Å². The zero-order chi connectivity index (χ0) is 20.0. The highest BCUT2D eigenvalue weighted by Crippen LogP contribution is 2.38. The van der Waals surface area contributed by atoms with E-state index in [4.69, 9.17) is 14.2 Å². The number of ether oxygens (including phenoxy) is 3. The fourth-order valence-corrected chi connectivity index (χ4v) is 2.27. The van der Waals surface area contributed by atoms with Gasteiger partial charge in [-0.2, -0.15) is 0 Å². The van der Waals surface area contributed by atoms with E-state index >= 15 is 0 Å². The zero-order valence-electron chi connectivity index (χ0n) is 14.8. The minimum absolute atomic E-state index is 0.288. The monoisotopic (exact) mass is 376 g/mol. The molecule has 0 atom stereocenters. The molecule has 8 nitrogen and oxygen atoms in total. The Bertz CT molecular complexity index is 872. The van der Waals surface area contributed by atoms with Crippen LogP contribution in [0.5, 0.6) is 17.2 Å². The quantitative estimate of drug-likeness (QED) is 0.452.